The van der Waals surface area contributed by atoms with Crippen LogP contribution in [0.2, 0.25) is 0 Å². The highest BCUT2D eigenvalue weighted by Crippen LogP contribution is 2.19. The second-order valence-corrected chi connectivity index (χ2v) is 3.06. The lowest BCUT2D eigenvalue weighted by Crippen LogP contribution is -2.40. The van der Waals surface area contributed by atoms with Crippen molar-refractivity contribution in [2.75, 3.05) is 0 Å². The molecule has 0 saturated carbocycles. The minimum Gasteiger partial charge on any atom is -0.291 e. The smallest absolute Gasteiger partial charge is 0.238 e. The van der Waals surface area contributed by atoms with E-state index in [0.717, 1.165) is 0 Å². The molecular formula is C6H12N2O. The molecule has 1 saturated heterocycles. The number of hydrogen-bond acceptors (Lipinski definition) is 2. The van der Waals surface area contributed by atoms with E-state index in [9.17, 15) is 4.79 Å². The Hall–Kier alpha value is -0.570. The normalized spacial score (nSPS) is 32.3. The molecule has 1 aliphatic heterocycles. The lowest BCUT2D eigenvalue weighted by Gasteiger charge is -2.19. The van der Waals surface area contributed by atoms with E-state index in [1.807, 2.05) is 20.8 Å². The zero-order valence-electron chi connectivity index (χ0n) is 5.99. The van der Waals surface area contributed by atoms with Crippen molar-refractivity contribution in [2.45, 2.75) is 26.3 Å². The van der Waals surface area contributed by atoms with Gasteiger partial charge in [-0.05, 0) is 13.8 Å². The molecule has 0 radical (unpaired) electrons. The van der Waals surface area contributed by atoms with Gasteiger partial charge in [0.05, 0.1) is 5.92 Å². The first-order chi connectivity index (χ1) is 4.04. The Balaban J connectivity index is 2.73. The highest BCUT2D eigenvalue weighted by Gasteiger charge is 2.37. The van der Waals surface area contributed by atoms with Crippen LogP contribution in [-0.2, 0) is 4.79 Å². The second kappa shape index (κ2) is 1.70. The van der Waals surface area contributed by atoms with Gasteiger partial charge in [0.25, 0.3) is 0 Å². The zero-order chi connectivity index (χ0) is 7.07. The SMILES string of the molecule is CC1C(=O)NNC1(C)C. The molecule has 0 aliphatic carbocycles. The second-order valence-electron chi connectivity index (χ2n) is 3.06. The average molecular weight is 128 g/mol. The summed E-state index contributed by atoms with van der Waals surface area (Å²) in [6.07, 6.45) is 0. The highest BCUT2D eigenvalue weighted by atomic mass is 16.2. The molecule has 1 unspecified atom stereocenters. The van der Waals surface area contributed by atoms with Gasteiger partial charge in [0.2, 0.25) is 5.91 Å². The van der Waals surface area contributed by atoms with Crippen molar-refractivity contribution >= 4 is 5.91 Å². The number of carbonyl (C=O) groups is 1. The van der Waals surface area contributed by atoms with Crippen molar-refractivity contribution in [3.63, 3.8) is 0 Å². The molecular weight excluding hydrogens is 116 g/mol. The van der Waals surface area contributed by atoms with E-state index in [-0.39, 0.29) is 17.4 Å². The number of nitrogens with one attached hydrogen (secondary N) is 2. The monoisotopic (exact) mass is 128 g/mol. The van der Waals surface area contributed by atoms with Crippen molar-refractivity contribution in [1.82, 2.24) is 10.9 Å². The fourth-order valence-electron chi connectivity index (χ4n) is 0.767. The summed E-state index contributed by atoms with van der Waals surface area (Å²) in [7, 11) is 0. The van der Waals surface area contributed by atoms with Crippen LogP contribution in [0, 0.1) is 5.92 Å². The molecule has 1 fully saturated rings. The number of amides is 1. The van der Waals surface area contributed by atoms with Crippen LogP contribution in [0.1, 0.15) is 20.8 Å². The Morgan fingerprint density at radius 1 is 1.56 bits per heavy atom. The lowest BCUT2D eigenvalue weighted by atomic mass is 9.91. The summed E-state index contributed by atoms with van der Waals surface area (Å²) in [5, 5.41) is 0. The summed E-state index contributed by atoms with van der Waals surface area (Å²) in [5.74, 6) is 0.150. The van der Waals surface area contributed by atoms with E-state index < -0.39 is 0 Å². The maximum atomic E-state index is 10.8. The van der Waals surface area contributed by atoms with Gasteiger partial charge in [-0.2, -0.15) is 0 Å². The van der Waals surface area contributed by atoms with Gasteiger partial charge in [0, 0.05) is 5.54 Å². The minimum atomic E-state index is -0.0862. The maximum absolute atomic E-state index is 10.8. The van der Waals surface area contributed by atoms with E-state index in [0.29, 0.717) is 0 Å². The lowest BCUT2D eigenvalue weighted by molar-refractivity contribution is -0.122. The minimum absolute atomic E-state index is 0.0671. The average Bonchev–Trinajstić information content (AvgIpc) is 1.97. The molecule has 1 aliphatic rings. The maximum Gasteiger partial charge on any atom is 0.238 e. The third-order valence-electron chi connectivity index (χ3n) is 1.98. The molecule has 1 rings (SSSR count). The molecule has 2 N–H and O–H groups in total. The van der Waals surface area contributed by atoms with Gasteiger partial charge in [-0.3, -0.25) is 10.2 Å². The molecule has 0 aromatic rings. The summed E-state index contributed by atoms with van der Waals surface area (Å²) in [6, 6.07) is 0. The van der Waals surface area contributed by atoms with Crippen LogP contribution < -0.4 is 10.9 Å². The number of rotatable bonds is 0. The molecule has 0 aromatic heterocycles. The summed E-state index contributed by atoms with van der Waals surface area (Å²) >= 11 is 0. The van der Waals surface area contributed by atoms with Crippen molar-refractivity contribution in [3.05, 3.63) is 0 Å². The molecule has 9 heavy (non-hydrogen) atoms. The molecule has 1 atom stereocenters. The largest absolute Gasteiger partial charge is 0.291 e. The first kappa shape index (κ1) is 6.55. The summed E-state index contributed by atoms with van der Waals surface area (Å²) in [4.78, 5) is 10.8. The van der Waals surface area contributed by atoms with E-state index in [4.69, 9.17) is 0 Å². The van der Waals surface area contributed by atoms with Gasteiger partial charge in [0.1, 0.15) is 0 Å². The predicted octanol–water partition coefficient (Wildman–Crippen LogP) is 0.0355. The van der Waals surface area contributed by atoms with E-state index in [2.05, 4.69) is 10.9 Å². The van der Waals surface area contributed by atoms with Gasteiger partial charge < -0.3 is 0 Å². The summed E-state index contributed by atoms with van der Waals surface area (Å²) in [5.41, 5.74) is 5.38. The number of hydrogen-bond donors (Lipinski definition) is 2. The van der Waals surface area contributed by atoms with E-state index in [1.54, 1.807) is 0 Å². The molecule has 1 amide bonds. The molecule has 3 heteroatoms. The molecule has 3 nitrogen and oxygen atoms in total. The van der Waals surface area contributed by atoms with Crippen molar-refractivity contribution in [3.8, 4) is 0 Å². The molecule has 0 spiro atoms. The molecule has 0 aromatic carbocycles. The Bertz CT molecular complexity index is 142. The van der Waals surface area contributed by atoms with Crippen LogP contribution >= 0.6 is 0 Å². The summed E-state index contributed by atoms with van der Waals surface area (Å²) in [6.45, 7) is 5.90. The van der Waals surface area contributed by atoms with Crippen LogP contribution in [0.25, 0.3) is 0 Å². The Morgan fingerprint density at radius 3 is 2.22 bits per heavy atom. The van der Waals surface area contributed by atoms with Gasteiger partial charge in [-0.15, -0.1) is 0 Å². The fraction of sp³-hybridized carbons (Fsp3) is 0.833. The van der Waals surface area contributed by atoms with Crippen LogP contribution in [0.4, 0.5) is 0 Å². The standard InChI is InChI=1S/C6H12N2O/c1-4-5(9)7-8-6(4,2)3/h4,8H,1-3H3,(H,7,9). The van der Waals surface area contributed by atoms with Crippen molar-refractivity contribution in [1.29, 1.82) is 0 Å². The van der Waals surface area contributed by atoms with Crippen LogP contribution in [0.5, 0.6) is 0 Å². The third-order valence-corrected chi connectivity index (χ3v) is 1.98. The molecule has 52 valence electrons. The Morgan fingerprint density at radius 2 is 2.11 bits per heavy atom. The zero-order valence-corrected chi connectivity index (χ0v) is 5.99. The Kier molecular flexibility index (Phi) is 1.24. The highest BCUT2D eigenvalue weighted by molar-refractivity contribution is 5.81. The fourth-order valence-corrected chi connectivity index (χ4v) is 0.767. The van der Waals surface area contributed by atoms with Crippen LogP contribution in [-0.4, -0.2) is 11.4 Å². The van der Waals surface area contributed by atoms with Gasteiger partial charge in [0.15, 0.2) is 0 Å². The predicted molar refractivity (Wildman–Crippen MR) is 34.5 cm³/mol. The third kappa shape index (κ3) is 0.920. The molecule has 0 bridgehead atoms. The van der Waals surface area contributed by atoms with Gasteiger partial charge >= 0.3 is 0 Å². The van der Waals surface area contributed by atoms with Gasteiger partial charge in [-0.1, -0.05) is 6.92 Å². The van der Waals surface area contributed by atoms with Crippen molar-refractivity contribution < 1.29 is 4.79 Å². The first-order valence-electron chi connectivity index (χ1n) is 3.11. The first-order valence-corrected chi connectivity index (χ1v) is 3.11. The molecule has 1 heterocycles. The Labute approximate surface area is 54.8 Å². The number of carbonyl (C=O) groups excluding carboxylic acids is 1. The van der Waals surface area contributed by atoms with Crippen LogP contribution in [0.3, 0.4) is 0 Å². The van der Waals surface area contributed by atoms with E-state index in [1.165, 1.54) is 0 Å². The van der Waals surface area contributed by atoms with E-state index >= 15 is 0 Å². The van der Waals surface area contributed by atoms with Crippen LogP contribution in [0.15, 0.2) is 0 Å². The summed E-state index contributed by atoms with van der Waals surface area (Å²) < 4.78 is 0. The topological polar surface area (TPSA) is 41.1 Å². The number of hydrazine groups is 1. The van der Waals surface area contributed by atoms with Gasteiger partial charge in [-0.25, -0.2) is 5.43 Å². The quantitative estimate of drug-likeness (QED) is 0.483. The van der Waals surface area contributed by atoms with Crippen molar-refractivity contribution in [2.24, 2.45) is 5.92 Å².